The third kappa shape index (κ3) is 4.17. The van der Waals surface area contributed by atoms with E-state index in [-0.39, 0.29) is 5.75 Å². The van der Waals surface area contributed by atoms with Gasteiger partial charge in [0.2, 0.25) is 0 Å². The molecular formula is C42H30N4O. The Bertz CT molecular complexity index is 2670. The standard InChI is InChI=1S/C42H30N4O/c1-26-23-34(43-25-27(26)2)29-12-8-11-28(24-29)33-17-10-20-39(44-33)46-37-22-21-36-40(41(37)32-16-9-19-38(47)42(32)46)31-15-6-7-18-35(31)45(36)30-13-4-3-5-14-30/h3-25,47H,1-2H3. The van der Waals surface area contributed by atoms with Crippen molar-refractivity contribution in [1.82, 2.24) is 19.1 Å². The molecule has 5 nitrogen and oxygen atoms in total. The van der Waals surface area contributed by atoms with E-state index >= 15 is 0 Å². The number of aromatic nitrogens is 4. The summed E-state index contributed by atoms with van der Waals surface area (Å²) in [4.78, 5) is 9.91. The number of hydrogen-bond donors (Lipinski definition) is 1. The largest absolute Gasteiger partial charge is 0.506 e. The fraction of sp³-hybridized carbons (Fsp3) is 0.0476. The summed E-state index contributed by atoms with van der Waals surface area (Å²) in [6.07, 6.45) is 1.93. The summed E-state index contributed by atoms with van der Waals surface area (Å²) in [5.41, 5.74) is 11.3. The van der Waals surface area contributed by atoms with E-state index in [0.29, 0.717) is 0 Å². The van der Waals surface area contributed by atoms with Crippen molar-refractivity contribution in [3.63, 3.8) is 0 Å². The van der Waals surface area contributed by atoms with Gasteiger partial charge < -0.3 is 9.67 Å². The van der Waals surface area contributed by atoms with Gasteiger partial charge in [-0.2, -0.15) is 0 Å². The molecule has 1 N–H and O–H groups in total. The highest BCUT2D eigenvalue weighted by Crippen LogP contribution is 2.44. The third-order valence-corrected chi connectivity index (χ3v) is 9.37. The lowest BCUT2D eigenvalue weighted by molar-refractivity contribution is 0.479. The number of para-hydroxylation sites is 3. The summed E-state index contributed by atoms with van der Waals surface area (Å²) in [7, 11) is 0. The lowest BCUT2D eigenvalue weighted by Crippen LogP contribution is -1.99. The van der Waals surface area contributed by atoms with E-state index in [9.17, 15) is 5.11 Å². The Balaban J connectivity index is 1.30. The topological polar surface area (TPSA) is 55.9 Å². The van der Waals surface area contributed by atoms with E-state index in [1.54, 1.807) is 6.07 Å². The minimum absolute atomic E-state index is 0.216. The number of aryl methyl sites for hydroxylation is 2. The van der Waals surface area contributed by atoms with Crippen LogP contribution in [-0.4, -0.2) is 24.2 Å². The second-order valence-corrected chi connectivity index (χ2v) is 12.2. The number of pyridine rings is 2. The molecule has 9 rings (SSSR count). The van der Waals surface area contributed by atoms with Gasteiger partial charge in [0.1, 0.15) is 11.6 Å². The number of phenolic OH excluding ortho intramolecular Hbond substituents is 1. The lowest BCUT2D eigenvalue weighted by atomic mass is 10.0. The van der Waals surface area contributed by atoms with Crippen molar-refractivity contribution in [2.24, 2.45) is 0 Å². The number of fused-ring (bicyclic) bond motifs is 7. The molecule has 4 aromatic heterocycles. The summed E-state index contributed by atoms with van der Waals surface area (Å²) in [6, 6.07) is 45.8. The first-order valence-corrected chi connectivity index (χ1v) is 15.8. The van der Waals surface area contributed by atoms with Gasteiger partial charge in [-0.3, -0.25) is 9.55 Å². The highest BCUT2D eigenvalue weighted by molar-refractivity contribution is 6.29. The number of benzene rings is 5. The maximum atomic E-state index is 11.4. The van der Waals surface area contributed by atoms with Gasteiger partial charge in [-0.05, 0) is 85.6 Å². The zero-order valence-corrected chi connectivity index (χ0v) is 26.0. The predicted molar refractivity (Wildman–Crippen MR) is 193 cm³/mol. The van der Waals surface area contributed by atoms with Gasteiger partial charge >= 0.3 is 0 Å². The predicted octanol–water partition coefficient (Wildman–Crippen LogP) is 10.3. The summed E-state index contributed by atoms with van der Waals surface area (Å²) in [6.45, 7) is 4.19. The van der Waals surface area contributed by atoms with Crippen LogP contribution >= 0.6 is 0 Å². The van der Waals surface area contributed by atoms with Crippen LogP contribution in [0.1, 0.15) is 11.1 Å². The van der Waals surface area contributed by atoms with Crippen molar-refractivity contribution >= 4 is 43.6 Å². The minimum Gasteiger partial charge on any atom is -0.506 e. The van der Waals surface area contributed by atoms with Crippen molar-refractivity contribution in [3.8, 4) is 39.8 Å². The SMILES string of the molecule is Cc1cnc(-c2cccc(-c3cccc(-n4c5ccc6c(c7ccccc7n6-c6ccccc6)c5c5cccc(O)c54)n3)c2)cc1C. The molecule has 0 radical (unpaired) electrons. The van der Waals surface area contributed by atoms with E-state index in [4.69, 9.17) is 9.97 Å². The molecule has 224 valence electrons. The first-order valence-electron chi connectivity index (χ1n) is 15.8. The quantitative estimate of drug-likeness (QED) is 0.217. The van der Waals surface area contributed by atoms with Crippen LogP contribution < -0.4 is 0 Å². The van der Waals surface area contributed by atoms with Crippen LogP contribution in [-0.2, 0) is 0 Å². The zero-order valence-electron chi connectivity index (χ0n) is 26.0. The number of nitrogens with zero attached hydrogens (tertiary/aromatic N) is 4. The van der Waals surface area contributed by atoms with E-state index in [0.717, 1.165) is 77.6 Å². The molecule has 0 aliphatic heterocycles. The van der Waals surface area contributed by atoms with Gasteiger partial charge in [0.25, 0.3) is 0 Å². The molecule has 5 heteroatoms. The van der Waals surface area contributed by atoms with Crippen molar-refractivity contribution in [2.45, 2.75) is 13.8 Å². The molecule has 47 heavy (non-hydrogen) atoms. The fourth-order valence-corrected chi connectivity index (χ4v) is 7.02. The molecule has 0 fully saturated rings. The van der Waals surface area contributed by atoms with Crippen LogP contribution in [0.5, 0.6) is 5.75 Å². The molecule has 0 spiro atoms. The van der Waals surface area contributed by atoms with Gasteiger partial charge in [-0.25, -0.2) is 4.98 Å². The summed E-state index contributed by atoms with van der Waals surface area (Å²) in [5, 5.41) is 15.8. The van der Waals surface area contributed by atoms with Gasteiger partial charge in [-0.15, -0.1) is 0 Å². The Kier molecular flexibility index (Phi) is 6.02. The molecule has 0 bridgehead atoms. The van der Waals surface area contributed by atoms with Gasteiger partial charge in [0.05, 0.1) is 33.5 Å². The Hall–Kier alpha value is -6.20. The molecule has 5 aromatic carbocycles. The normalized spacial score (nSPS) is 11.7. The smallest absolute Gasteiger partial charge is 0.140 e. The Morgan fingerprint density at radius 3 is 2.04 bits per heavy atom. The molecule has 0 aliphatic rings. The molecule has 0 saturated heterocycles. The molecule has 0 saturated carbocycles. The van der Waals surface area contributed by atoms with Crippen LogP contribution in [0.2, 0.25) is 0 Å². The van der Waals surface area contributed by atoms with E-state index < -0.39 is 0 Å². The molecule has 0 atom stereocenters. The summed E-state index contributed by atoms with van der Waals surface area (Å²) in [5.74, 6) is 0.957. The van der Waals surface area contributed by atoms with Crippen LogP contribution in [0.3, 0.4) is 0 Å². The van der Waals surface area contributed by atoms with Gasteiger partial charge in [0, 0.05) is 44.6 Å². The Morgan fingerprint density at radius 1 is 0.532 bits per heavy atom. The van der Waals surface area contributed by atoms with Crippen molar-refractivity contribution < 1.29 is 5.11 Å². The Labute approximate surface area is 271 Å². The van der Waals surface area contributed by atoms with Crippen molar-refractivity contribution in [3.05, 3.63) is 151 Å². The first-order chi connectivity index (χ1) is 23.1. The number of rotatable bonds is 4. The van der Waals surface area contributed by atoms with Crippen LogP contribution in [0.4, 0.5) is 0 Å². The maximum absolute atomic E-state index is 11.4. The molecular weight excluding hydrogens is 576 g/mol. The lowest BCUT2D eigenvalue weighted by Gasteiger charge is -2.11. The summed E-state index contributed by atoms with van der Waals surface area (Å²) < 4.78 is 4.43. The molecule has 9 aromatic rings. The molecule has 0 aliphatic carbocycles. The van der Waals surface area contributed by atoms with Crippen molar-refractivity contribution in [1.29, 1.82) is 0 Å². The van der Waals surface area contributed by atoms with Crippen LogP contribution in [0, 0.1) is 13.8 Å². The van der Waals surface area contributed by atoms with Gasteiger partial charge in [-0.1, -0.05) is 72.8 Å². The Morgan fingerprint density at radius 2 is 1.21 bits per heavy atom. The molecule has 4 heterocycles. The first kappa shape index (κ1) is 27.1. The number of phenols is 1. The van der Waals surface area contributed by atoms with Crippen molar-refractivity contribution in [2.75, 3.05) is 0 Å². The second-order valence-electron chi connectivity index (χ2n) is 12.2. The molecule has 0 unspecified atom stereocenters. The molecule has 0 amide bonds. The monoisotopic (exact) mass is 606 g/mol. The minimum atomic E-state index is 0.216. The van der Waals surface area contributed by atoms with Crippen LogP contribution in [0.15, 0.2) is 140 Å². The number of aromatic hydroxyl groups is 1. The number of hydrogen-bond acceptors (Lipinski definition) is 3. The van der Waals surface area contributed by atoms with Gasteiger partial charge in [0.15, 0.2) is 0 Å². The third-order valence-electron chi connectivity index (χ3n) is 9.37. The van der Waals surface area contributed by atoms with E-state index in [1.165, 1.54) is 11.1 Å². The second kappa shape index (κ2) is 10.4. The van der Waals surface area contributed by atoms with Crippen LogP contribution in [0.25, 0.3) is 77.6 Å². The highest BCUT2D eigenvalue weighted by atomic mass is 16.3. The zero-order chi connectivity index (χ0) is 31.6. The highest BCUT2D eigenvalue weighted by Gasteiger charge is 2.22. The fourth-order valence-electron chi connectivity index (χ4n) is 7.02. The maximum Gasteiger partial charge on any atom is 0.140 e. The van der Waals surface area contributed by atoms with E-state index in [2.05, 4.69) is 120 Å². The van der Waals surface area contributed by atoms with E-state index in [1.807, 2.05) is 36.5 Å². The average Bonchev–Trinajstić information content (AvgIpc) is 3.64. The summed E-state index contributed by atoms with van der Waals surface area (Å²) >= 11 is 0. The average molecular weight is 607 g/mol.